The monoisotopic (exact) mass is 215 g/mol. The third kappa shape index (κ3) is 2.00. The van der Waals surface area contributed by atoms with Gasteiger partial charge in [-0.25, -0.2) is 0 Å². The molecule has 1 heterocycles. The third-order valence-electron chi connectivity index (χ3n) is 2.28. The fourth-order valence-corrected chi connectivity index (χ4v) is 1.37. The molecule has 0 fully saturated rings. The van der Waals surface area contributed by atoms with Gasteiger partial charge < -0.3 is 5.32 Å². The number of nitrogens with zero attached hydrogens (tertiary/aromatic N) is 2. The molecule has 2 aromatic rings. The summed E-state index contributed by atoms with van der Waals surface area (Å²) in [5.74, 6) is -0.0647. The molecule has 0 unspecified atom stereocenters. The van der Waals surface area contributed by atoms with Gasteiger partial charge in [-0.05, 0) is 12.1 Å². The van der Waals surface area contributed by atoms with E-state index >= 15 is 0 Å². The zero-order chi connectivity index (χ0) is 11.5. The van der Waals surface area contributed by atoms with Crippen LogP contribution in [-0.2, 0) is 4.79 Å². The van der Waals surface area contributed by atoms with Gasteiger partial charge in [0.05, 0.1) is 11.2 Å². The predicted octanol–water partition coefficient (Wildman–Crippen LogP) is 2.22. The minimum absolute atomic E-state index is 0.0156. The number of benzene rings is 1. The molecule has 1 aromatic heterocycles. The Bertz CT molecular complexity index is 517. The first-order valence-electron chi connectivity index (χ1n) is 5.19. The molecule has 1 aromatic carbocycles. The van der Waals surface area contributed by atoms with Gasteiger partial charge in [-0.2, -0.15) is 0 Å². The van der Waals surface area contributed by atoms with Gasteiger partial charge in [0.25, 0.3) is 0 Å². The van der Waals surface area contributed by atoms with E-state index < -0.39 is 0 Å². The van der Waals surface area contributed by atoms with Crippen molar-refractivity contribution < 1.29 is 4.79 Å². The average Bonchev–Trinajstić information content (AvgIpc) is 2.29. The second kappa shape index (κ2) is 4.26. The topological polar surface area (TPSA) is 54.9 Å². The Labute approximate surface area is 93.7 Å². The number of hydrogen-bond acceptors (Lipinski definition) is 3. The summed E-state index contributed by atoms with van der Waals surface area (Å²) in [5.41, 5.74) is 2.22. The number of hydrogen-bond donors (Lipinski definition) is 1. The Morgan fingerprint density at radius 1 is 1.25 bits per heavy atom. The molecule has 0 atom stereocenters. The Kier molecular flexibility index (Phi) is 2.81. The van der Waals surface area contributed by atoms with Crippen LogP contribution in [0.3, 0.4) is 0 Å². The molecule has 0 aliphatic rings. The Morgan fingerprint density at radius 3 is 2.75 bits per heavy atom. The van der Waals surface area contributed by atoms with Crippen LogP contribution in [0, 0.1) is 5.92 Å². The van der Waals surface area contributed by atoms with Crippen LogP contribution in [-0.4, -0.2) is 15.9 Å². The maximum atomic E-state index is 11.6. The number of carbonyl (C=O) groups is 1. The number of anilines is 1. The lowest BCUT2D eigenvalue weighted by atomic mass is 10.2. The van der Waals surface area contributed by atoms with E-state index in [1.54, 1.807) is 12.4 Å². The predicted molar refractivity (Wildman–Crippen MR) is 63.0 cm³/mol. The van der Waals surface area contributed by atoms with Crippen molar-refractivity contribution in [2.75, 3.05) is 5.32 Å². The van der Waals surface area contributed by atoms with E-state index in [0.717, 1.165) is 11.0 Å². The van der Waals surface area contributed by atoms with Crippen LogP contribution in [0.5, 0.6) is 0 Å². The summed E-state index contributed by atoms with van der Waals surface area (Å²) in [6.45, 7) is 3.71. The second-order valence-corrected chi connectivity index (χ2v) is 3.87. The van der Waals surface area contributed by atoms with Gasteiger partial charge in [-0.1, -0.05) is 19.9 Å². The van der Waals surface area contributed by atoms with Crippen molar-refractivity contribution in [3.05, 3.63) is 30.6 Å². The highest BCUT2D eigenvalue weighted by Gasteiger charge is 2.09. The van der Waals surface area contributed by atoms with Crippen molar-refractivity contribution in [3.63, 3.8) is 0 Å². The molecule has 0 spiro atoms. The smallest absolute Gasteiger partial charge is 0.226 e. The van der Waals surface area contributed by atoms with Crippen molar-refractivity contribution in [2.45, 2.75) is 13.8 Å². The van der Waals surface area contributed by atoms with E-state index in [2.05, 4.69) is 15.3 Å². The largest absolute Gasteiger partial charge is 0.324 e. The van der Waals surface area contributed by atoms with Crippen molar-refractivity contribution in [3.8, 4) is 0 Å². The van der Waals surface area contributed by atoms with Crippen LogP contribution >= 0.6 is 0 Å². The highest BCUT2D eigenvalue weighted by atomic mass is 16.1. The quantitative estimate of drug-likeness (QED) is 0.835. The van der Waals surface area contributed by atoms with Crippen molar-refractivity contribution in [1.82, 2.24) is 9.97 Å². The van der Waals surface area contributed by atoms with Crippen molar-refractivity contribution in [1.29, 1.82) is 0 Å². The van der Waals surface area contributed by atoms with E-state index in [9.17, 15) is 4.79 Å². The summed E-state index contributed by atoms with van der Waals surface area (Å²) in [4.78, 5) is 20.0. The van der Waals surface area contributed by atoms with Gasteiger partial charge in [0, 0.05) is 18.3 Å². The maximum Gasteiger partial charge on any atom is 0.226 e. The molecule has 0 saturated carbocycles. The van der Waals surface area contributed by atoms with Gasteiger partial charge >= 0.3 is 0 Å². The molecule has 0 aliphatic heterocycles. The zero-order valence-electron chi connectivity index (χ0n) is 9.27. The highest BCUT2D eigenvalue weighted by Crippen LogP contribution is 2.19. The van der Waals surface area contributed by atoms with Crippen molar-refractivity contribution in [2.24, 2.45) is 5.92 Å². The molecule has 82 valence electrons. The maximum absolute atomic E-state index is 11.6. The minimum atomic E-state index is -0.0491. The second-order valence-electron chi connectivity index (χ2n) is 3.87. The number of nitrogens with one attached hydrogen (secondary N) is 1. The molecule has 2 rings (SSSR count). The SMILES string of the molecule is CC(C)C(=O)Nc1cccc2nccnc12. The molecule has 1 N–H and O–H groups in total. The normalized spacial score (nSPS) is 10.7. The van der Waals surface area contributed by atoms with Crippen LogP contribution in [0.25, 0.3) is 11.0 Å². The fraction of sp³-hybridized carbons (Fsp3) is 0.250. The molecule has 16 heavy (non-hydrogen) atoms. The summed E-state index contributed by atoms with van der Waals surface area (Å²) in [5, 5.41) is 2.84. The fourth-order valence-electron chi connectivity index (χ4n) is 1.37. The van der Waals surface area contributed by atoms with E-state index in [-0.39, 0.29) is 11.8 Å². The molecule has 0 radical (unpaired) electrons. The molecule has 0 bridgehead atoms. The van der Waals surface area contributed by atoms with Crippen molar-refractivity contribution >= 4 is 22.6 Å². The first kappa shape index (κ1) is 10.5. The summed E-state index contributed by atoms with van der Waals surface area (Å²) in [6, 6.07) is 5.55. The van der Waals surface area contributed by atoms with Gasteiger partial charge in [-0.15, -0.1) is 0 Å². The van der Waals surface area contributed by atoms with E-state index in [4.69, 9.17) is 0 Å². The molecule has 4 heteroatoms. The summed E-state index contributed by atoms with van der Waals surface area (Å²) < 4.78 is 0. The number of fused-ring (bicyclic) bond motifs is 1. The van der Waals surface area contributed by atoms with Crippen LogP contribution in [0.15, 0.2) is 30.6 Å². The Morgan fingerprint density at radius 2 is 2.00 bits per heavy atom. The van der Waals surface area contributed by atoms with Gasteiger partial charge in [0.2, 0.25) is 5.91 Å². The summed E-state index contributed by atoms with van der Waals surface area (Å²) in [7, 11) is 0. The van der Waals surface area contributed by atoms with E-state index in [1.165, 1.54) is 0 Å². The van der Waals surface area contributed by atoms with Gasteiger partial charge in [0.15, 0.2) is 0 Å². The Balaban J connectivity index is 2.41. The van der Waals surface area contributed by atoms with Gasteiger partial charge in [-0.3, -0.25) is 14.8 Å². The number of rotatable bonds is 2. The molecular formula is C12H13N3O. The van der Waals surface area contributed by atoms with Crippen LogP contribution in [0.4, 0.5) is 5.69 Å². The first-order valence-corrected chi connectivity index (χ1v) is 5.19. The van der Waals surface area contributed by atoms with Crippen LogP contribution in [0.1, 0.15) is 13.8 Å². The number of amides is 1. The zero-order valence-corrected chi connectivity index (χ0v) is 9.27. The van der Waals surface area contributed by atoms with E-state index in [0.29, 0.717) is 5.69 Å². The standard InChI is InChI=1S/C12H13N3O/c1-8(2)12(16)15-10-5-3-4-9-11(10)14-7-6-13-9/h3-8H,1-2H3,(H,15,16). The highest BCUT2D eigenvalue weighted by molar-refractivity contribution is 5.99. The molecule has 4 nitrogen and oxygen atoms in total. The number of aromatic nitrogens is 2. The van der Waals surface area contributed by atoms with Gasteiger partial charge in [0.1, 0.15) is 5.52 Å². The molecule has 0 saturated heterocycles. The average molecular weight is 215 g/mol. The number of para-hydroxylation sites is 1. The summed E-state index contributed by atoms with van der Waals surface area (Å²) in [6.07, 6.45) is 3.25. The van der Waals surface area contributed by atoms with Crippen LogP contribution < -0.4 is 5.32 Å². The first-order chi connectivity index (χ1) is 7.68. The van der Waals surface area contributed by atoms with E-state index in [1.807, 2.05) is 32.0 Å². The summed E-state index contributed by atoms with van der Waals surface area (Å²) >= 11 is 0. The lowest BCUT2D eigenvalue weighted by molar-refractivity contribution is -0.118. The lowest BCUT2D eigenvalue weighted by Crippen LogP contribution is -2.18. The lowest BCUT2D eigenvalue weighted by Gasteiger charge is -2.09. The number of carbonyl (C=O) groups excluding carboxylic acids is 1. The Hall–Kier alpha value is -1.97. The molecule has 1 amide bonds. The minimum Gasteiger partial charge on any atom is -0.324 e. The molecular weight excluding hydrogens is 202 g/mol. The van der Waals surface area contributed by atoms with Crippen LogP contribution in [0.2, 0.25) is 0 Å². The molecule has 0 aliphatic carbocycles. The third-order valence-corrected chi connectivity index (χ3v) is 2.28.